The number of piperidine rings is 1. The summed E-state index contributed by atoms with van der Waals surface area (Å²) in [4.78, 5) is 56.3. The zero-order valence-corrected chi connectivity index (χ0v) is 28.2. The van der Waals surface area contributed by atoms with Crippen molar-refractivity contribution in [2.24, 2.45) is 23.5 Å². The van der Waals surface area contributed by atoms with Crippen molar-refractivity contribution >= 4 is 29.8 Å². The lowest BCUT2D eigenvalue weighted by Gasteiger charge is -2.39. The van der Waals surface area contributed by atoms with E-state index < -0.39 is 29.7 Å². The molecule has 1 aromatic carbocycles. The minimum absolute atomic E-state index is 0.00825. The summed E-state index contributed by atoms with van der Waals surface area (Å²) >= 11 is 0. The summed E-state index contributed by atoms with van der Waals surface area (Å²) in [7, 11) is 0. The number of carbonyl (C=O) groups excluding carboxylic acids is 4. The third kappa shape index (κ3) is 8.70. The fourth-order valence-electron chi connectivity index (χ4n) is 6.50. The molecule has 3 aliphatic rings. The lowest BCUT2D eigenvalue weighted by atomic mass is 9.84. The van der Waals surface area contributed by atoms with Gasteiger partial charge >= 0.3 is 6.09 Å². The molecule has 2 saturated heterocycles. The van der Waals surface area contributed by atoms with Crippen molar-refractivity contribution in [1.82, 2.24) is 20.0 Å². The molecule has 5 amide bonds. The third-order valence-corrected chi connectivity index (χ3v) is 9.34. The van der Waals surface area contributed by atoms with E-state index in [1.807, 2.05) is 32.0 Å². The number of rotatable bonds is 8. The van der Waals surface area contributed by atoms with E-state index in [4.69, 9.17) is 15.2 Å². The standard InChI is InChI=1S/C34H51N6O6/c1-21(2)29(35)37-32(43)38-15-11-23(12-16-38)22(3)13-17-45-26-10-9-24-19-28(31(42)39-14-7-8-27(39)30(36)41)40(20-25(24)18-26)33(44)46-34(4,5)6/h9-10,18,21-23,27-28H,7-8,11-17,19-20H2,1-6H3,(H3-,35,36,37,41,43)/q-1/t22-,27+,28+/m1/s1. The van der Waals surface area contributed by atoms with Crippen LogP contribution in [0.15, 0.2) is 18.2 Å². The number of nitrogens with one attached hydrogen (secondary N) is 1. The molecule has 1 aromatic rings. The maximum atomic E-state index is 13.7. The molecule has 0 bridgehead atoms. The van der Waals surface area contributed by atoms with E-state index >= 15 is 0 Å². The van der Waals surface area contributed by atoms with E-state index in [0.717, 1.165) is 30.4 Å². The first-order chi connectivity index (χ1) is 21.6. The average Bonchev–Trinajstić information content (AvgIpc) is 3.50. The van der Waals surface area contributed by atoms with Gasteiger partial charge < -0.3 is 35.7 Å². The number of ether oxygens (including phenoxy) is 2. The lowest BCUT2D eigenvalue weighted by Crippen LogP contribution is -2.56. The normalized spacial score (nSPS) is 21.1. The van der Waals surface area contributed by atoms with Gasteiger partial charge in [0.2, 0.25) is 17.8 Å². The number of likely N-dealkylation sites (tertiary alicyclic amines) is 2. The zero-order valence-electron chi connectivity index (χ0n) is 28.2. The van der Waals surface area contributed by atoms with E-state index in [0.29, 0.717) is 63.1 Å². The Kier molecular flexibility index (Phi) is 11.2. The molecule has 46 heavy (non-hydrogen) atoms. The maximum Gasteiger partial charge on any atom is 0.411 e. The number of primary amides is 1. The Morgan fingerprint density at radius 1 is 1.00 bits per heavy atom. The van der Waals surface area contributed by atoms with Crippen LogP contribution in [0.5, 0.6) is 5.75 Å². The topological polar surface area (TPSA) is 157 Å². The van der Waals surface area contributed by atoms with Gasteiger partial charge in [0, 0.05) is 26.1 Å². The van der Waals surface area contributed by atoms with Crippen LogP contribution in [-0.4, -0.2) is 88.4 Å². The highest BCUT2D eigenvalue weighted by atomic mass is 16.6. The van der Waals surface area contributed by atoms with Gasteiger partial charge in [0.05, 0.1) is 13.2 Å². The van der Waals surface area contributed by atoms with Gasteiger partial charge in [-0.1, -0.05) is 32.7 Å². The first kappa shape index (κ1) is 35.0. The Bertz CT molecular complexity index is 1300. The second kappa shape index (κ2) is 14.7. The Hall–Kier alpha value is -3.83. The van der Waals surface area contributed by atoms with Gasteiger partial charge in [0.15, 0.2) is 0 Å². The molecular weight excluding hydrogens is 588 g/mol. The van der Waals surface area contributed by atoms with Gasteiger partial charge in [-0.05, 0) is 93.9 Å². The Morgan fingerprint density at radius 2 is 1.70 bits per heavy atom. The molecule has 3 heterocycles. The van der Waals surface area contributed by atoms with E-state index in [1.165, 1.54) is 9.80 Å². The molecule has 0 saturated carbocycles. The molecule has 0 aliphatic carbocycles. The van der Waals surface area contributed by atoms with E-state index in [-0.39, 0.29) is 30.2 Å². The summed E-state index contributed by atoms with van der Waals surface area (Å²) in [5.41, 5.74) is 6.68. The van der Waals surface area contributed by atoms with Crippen molar-refractivity contribution < 1.29 is 28.7 Å². The van der Waals surface area contributed by atoms with Crippen LogP contribution in [0.1, 0.15) is 84.8 Å². The minimum atomic E-state index is -0.800. The quantitative estimate of drug-likeness (QED) is 0.320. The monoisotopic (exact) mass is 639 g/mol. The fourth-order valence-corrected chi connectivity index (χ4v) is 6.50. The third-order valence-electron chi connectivity index (χ3n) is 9.34. The molecule has 3 aliphatic heterocycles. The SMILES string of the molecule is CC(C)C(=[N-])NC(=O)N1CCC([C@H](C)CCOc2ccc3c(c2)CN(C(=O)OC(C)(C)C)[C@H](C(=O)N2CCC[C@H]2C(N)=O)C3)CC1. The molecule has 12 heteroatoms. The molecule has 4 rings (SSSR count). The van der Waals surface area contributed by atoms with Crippen molar-refractivity contribution in [3.05, 3.63) is 34.7 Å². The van der Waals surface area contributed by atoms with Gasteiger partial charge in [-0.2, -0.15) is 0 Å². The van der Waals surface area contributed by atoms with Crippen LogP contribution in [0.3, 0.4) is 0 Å². The van der Waals surface area contributed by atoms with Crippen molar-refractivity contribution in [3.63, 3.8) is 0 Å². The first-order valence-electron chi connectivity index (χ1n) is 16.6. The number of fused-ring (bicyclic) bond motifs is 1. The van der Waals surface area contributed by atoms with Gasteiger partial charge in [-0.25, -0.2) is 4.79 Å². The molecule has 254 valence electrons. The van der Waals surface area contributed by atoms with Crippen LogP contribution >= 0.6 is 0 Å². The number of nitrogens with two attached hydrogens (primary N) is 1. The van der Waals surface area contributed by atoms with Crippen molar-refractivity contribution in [1.29, 1.82) is 0 Å². The summed E-state index contributed by atoms with van der Waals surface area (Å²) in [6.45, 7) is 13.7. The first-order valence-corrected chi connectivity index (χ1v) is 16.6. The van der Waals surface area contributed by atoms with Gasteiger partial charge in [0.25, 0.3) is 0 Å². The molecule has 3 atom stereocenters. The number of amides is 5. The highest BCUT2D eigenvalue weighted by Gasteiger charge is 2.43. The molecule has 0 unspecified atom stereocenters. The maximum absolute atomic E-state index is 13.7. The Labute approximate surface area is 272 Å². The highest BCUT2D eigenvalue weighted by Crippen LogP contribution is 2.32. The Balaban J connectivity index is 1.35. The molecular formula is C34H51N6O6-. The van der Waals surface area contributed by atoms with Gasteiger partial charge in [0.1, 0.15) is 23.4 Å². The van der Waals surface area contributed by atoms with Gasteiger partial charge in [-0.3, -0.25) is 19.3 Å². The Morgan fingerprint density at radius 3 is 2.33 bits per heavy atom. The number of hydrogen-bond donors (Lipinski definition) is 2. The molecule has 0 radical (unpaired) electrons. The van der Waals surface area contributed by atoms with Crippen LogP contribution in [0.4, 0.5) is 9.59 Å². The predicted octanol–water partition coefficient (Wildman–Crippen LogP) is 4.28. The van der Waals surface area contributed by atoms with Crippen LogP contribution < -0.4 is 15.8 Å². The highest BCUT2D eigenvalue weighted by molar-refractivity contribution is 6.00. The molecule has 12 nitrogen and oxygen atoms in total. The van der Waals surface area contributed by atoms with E-state index in [9.17, 15) is 24.6 Å². The smallest absolute Gasteiger partial charge is 0.411 e. The summed E-state index contributed by atoms with van der Waals surface area (Å²) in [6.07, 6.45) is 3.58. The fraction of sp³-hybridized carbons (Fsp3) is 0.676. The number of carbonyl (C=O) groups is 4. The van der Waals surface area contributed by atoms with Crippen LogP contribution in [0, 0.1) is 17.8 Å². The predicted molar refractivity (Wildman–Crippen MR) is 175 cm³/mol. The lowest BCUT2D eigenvalue weighted by molar-refractivity contribution is -0.142. The number of amidine groups is 1. The molecule has 0 aromatic heterocycles. The zero-order chi connectivity index (χ0) is 33.8. The number of benzene rings is 1. The van der Waals surface area contributed by atoms with Crippen molar-refractivity contribution in [3.8, 4) is 5.75 Å². The number of urea groups is 1. The van der Waals surface area contributed by atoms with Crippen molar-refractivity contribution in [2.45, 2.75) is 104 Å². The van der Waals surface area contributed by atoms with Crippen LogP contribution in [0.2, 0.25) is 0 Å². The largest absolute Gasteiger partial charge is 0.494 e. The minimum Gasteiger partial charge on any atom is -0.494 e. The summed E-state index contributed by atoms with van der Waals surface area (Å²) in [5, 5.41) is 12.5. The second-order valence-corrected chi connectivity index (χ2v) is 14.3. The second-order valence-electron chi connectivity index (χ2n) is 14.3. The molecule has 3 N–H and O–H groups in total. The summed E-state index contributed by atoms with van der Waals surface area (Å²) in [5.74, 6) is 0.622. The number of hydrogen-bond acceptors (Lipinski definition) is 6. The van der Waals surface area contributed by atoms with Gasteiger partial charge in [-0.15, -0.1) is 0 Å². The summed E-state index contributed by atoms with van der Waals surface area (Å²) < 4.78 is 11.9. The number of nitrogens with zero attached hydrogens (tertiary/aromatic N) is 4. The average molecular weight is 640 g/mol. The van der Waals surface area contributed by atoms with E-state index in [2.05, 4.69) is 12.2 Å². The van der Waals surface area contributed by atoms with Crippen LogP contribution in [0.25, 0.3) is 5.41 Å². The van der Waals surface area contributed by atoms with Crippen molar-refractivity contribution in [2.75, 3.05) is 26.2 Å². The molecule has 2 fully saturated rings. The summed E-state index contributed by atoms with van der Waals surface area (Å²) in [6, 6.07) is 4.07. The van der Waals surface area contributed by atoms with Crippen LogP contribution in [-0.2, 0) is 27.3 Å². The molecule has 0 spiro atoms. The van der Waals surface area contributed by atoms with E-state index in [1.54, 1.807) is 25.7 Å².